The standard InChI is InChI=1S/C49H86N6O2/c1-5-9-13-17-21-25-37-54(38-26-22-18-14-10-6-2)42-50-48(56)52-46-33-29-44(30-34-46)41-45-31-35-47(36-32-45)53-49(57)51-43-55(39-27-23-19-15-11-7-3)40-28-24-20-16-12-8-4/h29-36H,5-28,37-43H2,1-4H3,(H2,50,52,56)(H2,51,53,57). The van der Waals surface area contributed by atoms with E-state index >= 15 is 0 Å². The van der Waals surface area contributed by atoms with E-state index in [9.17, 15) is 9.59 Å². The van der Waals surface area contributed by atoms with E-state index < -0.39 is 0 Å². The molecule has 2 rings (SSSR count). The smallest absolute Gasteiger partial charge is 0.320 e. The van der Waals surface area contributed by atoms with Gasteiger partial charge in [-0.15, -0.1) is 0 Å². The molecule has 324 valence electrons. The van der Waals surface area contributed by atoms with Gasteiger partial charge in [0.25, 0.3) is 0 Å². The van der Waals surface area contributed by atoms with Crippen LogP contribution in [0.5, 0.6) is 0 Å². The SMILES string of the molecule is CCCCCCCCN(CCCCCCCC)CNC(=O)Nc1ccc(Cc2ccc(NC(=O)NCN(CCCCCCCC)CCCCCCCC)cc2)cc1. The molecule has 0 bridgehead atoms. The van der Waals surface area contributed by atoms with E-state index in [2.05, 4.69) is 83.0 Å². The molecule has 0 radical (unpaired) electrons. The molecule has 4 N–H and O–H groups in total. The average Bonchev–Trinajstić information content (AvgIpc) is 3.22. The summed E-state index contributed by atoms with van der Waals surface area (Å²) in [5.74, 6) is 0. The Morgan fingerprint density at radius 1 is 0.386 bits per heavy atom. The molecule has 0 aliphatic heterocycles. The van der Waals surface area contributed by atoms with Crippen molar-refractivity contribution in [2.75, 3.05) is 50.1 Å². The maximum atomic E-state index is 12.9. The van der Waals surface area contributed by atoms with Gasteiger partial charge in [0.2, 0.25) is 0 Å². The summed E-state index contributed by atoms with van der Waals surface area (Å²) in [6.45, 7) is 14.4. The van der Waals surface area contributed by atoms with Crippen molar-refractivity contribution in [1.29, 1.82) is 0 Å². The topological polar surface area (TPSA) is 88.7 Å². The van der Waals surface area contributed by atoms with Crippen LogP contribution in [-0.4, -0.2) is 61.4 Å². The van der Waals surface area contributed by atoms with E-state index in [1.54, 1.807) is 0 Å². The molecule has 0 unspecified atom stereocenters. The second kappa shape index (κ2) is 34.9. The summed E-state index contributed by atoms with van der Waals surface area (Å²) in [4.78, 5) is 30.5. The largest absolute Gasteiger partial charge is 0.325 e. The molecule has 8 nitrogen and oxygen atoms in total. The van der Waals surface area contributed by atoms with Crippen molar-refractivity contribution in [1.82, 2.24) is 20.4 Å². The van der Waals surface area contributed by atoms with Gasteiger partial charge in [0, 0.05) is 11.4 Å². The molecule has 0 saturated carbocycles. The highest BCUT2D eigenvalue weighted by atomic mass is 16.2. The van der Waals surface area contributed by atoms with Crippen LogP contribution in [0.1, 0.15) is 193 Å². The molecule has 57 heavy (non-hydrogen) atoms. The Balaban J connectivity index is 1.77. The minimum atomic E-state index is -0.158. The van der Waals surface area contributed by atoms with Crippen molar-refractivity contribution in [3.63, 3.8) is 0 Å². The van der Waals surface area contributed by atoms with Gasteiger partial charge < -0.3 is 21.3 Å². The first kappa shape index (κ1) is 50.0. The number of amides is 4. The van der Waals surface area contributed by atoms with Gasteiger partial charge >= 0.3 is 12.1 Å². The third-order valence-corrected chi connectivity index (χ3v) is 11.1. The molecular weight excluding hydrogens is 705 g/mol. The lowest BCUT2D eigenvalue weighted by atomic mass is 10.0. The molecule has 0 aromatic heterocycles. The molecule has 0 saturated heterocycles. The Bertz CT molecular complexity index is 1110. The average molecular weight is 791 g/mol. The maximum absolute atomic E-state index is 12.9. The fourth-order valence-corrected chi connectivity index (χ4v) is 7.37. The van der Waals surface area contributed by atoms with E-state index in [4.69, 9.17) is 0 Å². The van der Waals surface area contributed by atoms with E-state index in [1.807, 2.05) is 24.3 Å². The number of carbonyl (C=O) groups is 2. The summed E-state index contributed by atoms with van der Waals surface area (Å²) in [5.41, 5.74) is 3.91. The fraction of sp³-hybridized carbons (Fsp3) is 0.714. The van der Waals surface area contributed by atoms with Crippen molar-refractivity contribution in [3.8, 4) is 0 Å². The van der Waals surface area contributed by atoms with Crippen LogP contribution in [0.4, 0.5) is 21.0 Å². The van der Waals surface area contributed by atoms with Crippen molar-refractivity contribution in [2.45, 2.75) is 188 Å². The molecule has 0 aliphatic carbocycles. The zero-order valence-electron chi connectivity index (χ0n) is 37.3. The number of nitrogens with one attached hydrogen (secondary N) is 4. The number of benzene rings is 2. The van der Waals surface area contributed by atoms with Crippen LogP contribution in [0.15, 0.2) is 48.5 Å². The number of unbranched alkanes of at least 4 members (excludes halogenated alkanes) is 20. The van der Waals surface area contributed by atoms with Gasteiger partial charge in [-0.2, -0.15) is 0 Å². The summed E-state index contributed by atoms with van der Waals surface area (Å²) in [6.07, 6.45) is 31.6. The Labute approximate surface area is 350 Å². The van der Waals surface area contributed by atoms with Gasteiger partial charge in [0.05, 0.1) is 13.3 Å². The van der Waals surface area contributed by atoms with E-state index in [-0.39, 0.29) is 12.1 Å². The molecular formula is C49H86N6O2. The predicted octanol–water partition coefficient (Wildman–Crippen LogP) is 13.5. The third kappa shape index (κ3) is 27.3. The Kier molecular flexibility index (Phi) is 30.6. The van der Waals surface area contributed by atoms with Crippen LogP contribution in [0.2, 0.25) is 0 Å². The Morgan fingerprint density at radius 3 is 0.930 bits per heavy atom. The predicted molar refractivity (Wildman–Crippen MR) is 246 cm³/mol. The molecule has 2 aromatic carbocycles. The second-order valence-corrected chi connectivity index (χ2v) is 16.5. The minimum Gasteiger partial charge on any atom is -0.325 e. The van der Waals surface area contributed by atoms with Gasteiger partial charge in [0.1, 0.15) is 0 Å². The number of urea groups is 2. The number of hydrogen-bond donors (Lipinski definition) is 4. The van der Waals surface area contributed by atoms with Crippen LogP contribution in [-0.2, 0) is 6.42 Å². The number of nitrogens with zero attached hydrogens (tertiary/aromatic N) is 2. The zero-order chi connectivity index (χ0) is 41.0. The van der Waals surface area contributed by atoms with Crippen LogP contribution < -0.4 is 21.3 Å². The second-order valence-electron chi connectivity index (χ2n) is 16.5. The van der Waals surface area contributed by atoms with Crippen molar-refractivity contribution < 1.29 is 9.59 Å². The summed E-state index contributed by atoms with van der Waals surface area (Å²) in [5, 5.41) is 12.3. The lowest BCUT2D eigenvalue weighted by molar-refractivity contribution is 0.223. The summed E-state index contributed by atoms with van der Waals surface area (Å²) in [7, 11) is 0. The Morgan fingerprint density at radius 2 is 0.649 bits per heavy atom. The molecule has 4 amide bonds. The molecule has 0 heterocycles. The van der Waals surface area contributed by atoms with E-state index in [0.29, 0.717) is 13.3 Å². The quantitative estimate of drug-likeness (QED) is 0.0409. The highest BCUT2D eigenvalue weighted by Crippen LogP contribution is 2.17. The van der Waals surface area contributed by atoms with Gasteiger partial charge in [-0.25, -0.2) is 9.59 Å². The number of anilines is 2. The van der Waals surface area contributed by atoms with Crippen LogP contribution in [0.25, 0.3) is 0 Å². The molecule has 8 heteroatoms. The number of hydrogen-bond acceptors (Lipinski definition) is 4. The normalized spacial score (nSPS) is 11.3. The number of rotatable bonds is 36. The zero-order valence-corrected chi connectivity index (χ0v) is 37.3. The minimum absolute atomic E-state index is 0.158. The third-order valence-electron chi connectivity index (χ3n) is 11.1. The van der Waals surface area contributed by atoms with Crippen LogP contribution >= 0.6 is 0 Å². The highest BCUT2D eigenvalue weighted by molar-refractivity contribution is 5.89. The highest BCUT2D eigenvalue weighted by Gasteiger charge is 2.10. The summed E-state index contributed by atoms with van der Waals surface area (Å²) >= 11 is 0. The van der Waals surface area contributed by atoms with Crippen molar-refractivity contribution in [2.24, 2.45) is 0 Å². The maximum Gasteiger partial charge on any atom is 0.320 e. The first-order valence-corrected chi connectivity index (χ1v) is 23.7. The van der Waals surface area contributed by atoms with Crippen LogP contribution in [0, 0.1) is 0 Å². The Hall–Kier alpha value is -3.10. The van der Waals surface area contributed by atoms with Crippen LogP contribution in [0.3, 0.4) is 0 Å². The molecule has 0 spiro atoms. The van der Waals surface area contributed by atoms with Gasteiger partial charge in [-0.1, -0.05) is 180 Å². The van der Waals surface area contributed by atoms with E-state index in [1.165, 1.54) is 165 Å². The lowest BCUT2D eigenvalue weighted by Gasteiger charge is -2.23. The van der Waals surface area contributed by atoms with Crippen molar-refractivity contribution >= 4 is 23.4 Å². The summed E-state index contributed by atoms with van der Waals surface area (Å²) < 4.78 is 0. The number of carbonyl (C=O) groups excluding carboxylic acids is 2. The first-order chi connectivity index (χ1) is 28.0. The fourth-order valence-electron chi connectivity index (χ4n) is 7.37. The molecule has 0 fully saturated rings. The van der Waals surface area contributed by atoms with Crippen molar-refractivity contribution in [3.05, 3.63) is 59.7 Å². The van der Waals surface area contributed by atoms with E-state index in [0.717, 1.165) is 44.0 Å². The molecule has 0 atom stereocenters. The first-order valence-electron chi connectivity index (χ1n) is 23.7. The molecule has 0 aliphatic rings. The monoisotopic (exact) mass is 791 g/mol. The van der Waals surface area contributed by atoms with Gasteiger partial charge in [0.15, 0.2) is 0 Å². The van der Waals surface area contributed by atoms with Gasteiger partial charge in [-0.3, -0.25) is 9.80 Å². The molecule has 2 aromatic rings. The summed E-state index contributed by atoms with van der Waals surface area (Å²) in [6, 6.07) is 15.9. The van der Waals surface area contributed by atoms with Gasteiger partial charge in [-0.05, 0) is 93.7 Å². The lowest BCUT2D eigenvalue weighted by Crippen LogP contribution is -2.40.